The predicted octanol–water partition coefficient (Wildman–Crippen LogP) is 1.97. The van der Waals surface area contributed by atoms with Gasteiger partial charge in [-0.15, -0.1) is 11.3 Å². The zero-order chi connectivity index (χ0) is 13.3. The van der Waals surface area contributed by atoms with Crippen LogP contribution in [0.4, 0.5) is 15.2 Å². The van der Waals surface area contributed by atoms with Gasteiger partial charge in [-0.05, 0) is 24.6 Å². The predicted molar refractivity (Wildman–Crippen MR) is 68.5 cm³/mol. The third-order valence-electron chi connectivity index (χ3n) is 2.26. The van der Waals surface area contributed by atoms with E-state index in [1.54, 1.807) is 12.3 Å². The van der Waals surface area contributed by atoms with Crippen molar-refractivity contribution >= 4 is 32.2 Å². The van der Waals surface area contributed by atoms with Gasteiger partial charge in [-0.2, -0.15) is 0 Å². The molecular weight excluding hydrogens is 277 g/mol. The Balaban J connectivity index is 2.44. The van der Waals surface area contributed by atoms with E-state index in [0.29, 0.717) is 5.56 Å². The molecule has 96 valence electrons. The number of nitrogen functional groups attached to an aromatic ring is 1. The molecule has 0 saturated heterocycles. The zero-order valence-corrected chi connectivity index (χ0v) is 11.0. The molecule has 1 heterocycles. The lowest BCUT2D eigenvalue weighted by Crippen LogP contribution is -2.15. The van der Waals surface area contributed by atoms with Crippen molar-refractivity contribution in [2.45, 2.75) is 11.8 Å². The Morgan fingerprint density at radius 3 is 2.78 bits per heavy atom. The normalized spacial score (nSPS) is 11.4. The maximum absolute atomic E-state index is 13.6. The highest BCUT2D eigenvalue weighted by Gasteiger charge is 2.21. The third-order valence-corrected chi connectivity index (χ3v) is 4.44. The molecule has 18 heavy (non-hydrogen) atoms. The molecule has 0 spiro atoms. The summed E-state index contributed by atoms with van der Waals surface area (Å²) in [6.45, 7) is 1.61. The lowest BCUT2D eigenvalue weighted by Gasteiger charge is -2.08. The third kappa shape index (κ3) is 2.44. The highest BCUT2D eigenvalue weighted by Crippen LogP contribution is 2.24. The molecule has 0 atom stereocenters. The van der Waals surface area contributed by atoms with Crippen molar-refractivity contribution in [3.05, 3.63) is 35.1 Å². The maximum Gasteiger partial charge on any atom is 0.266 e. The molecule has 0 radical (unpaired) electrons. The topological polar surface area (TPSA) is 85.1 Å². The number of halogens is 1. The van der Waals surface area contributed by atoms with Gasteiger partial charge in [-0.25, -0.2) is 17.8 Å². The number of nitrogens with one attached hydrogen (secondary N) is 1. The summed E-state index contributed by atoms with van der Waals surface area (Å²) in [5.74, 6) is -0.887. The van der Waals surface area contributed by atoms with Gasteiger partial charge < -0.3 is 5.73 Å². The Kier molecular flexibility index (Phi) is 3.22. The number of nitrogens with zero attached hydrogens (tertiary/aromatic N) is 1. The summed E-state index contributed by atoms with van der Waals surface area (Å²) < 4.78 is 39.8. The number of rotatable bonds is 3. The van der Waals surface area contributed by atoms with E-state index in [1.807, 2.05) is 0 Å². The summed E-state index contributed by atoms with van der Waals surface area (Å²) in [6.07, 6.45) is 1.45. The Morgan fingerprint density at radius 1 is 1.44 bits per heavy atom. The van der Waals surface area contributed by atoms with Gasteiger partial charge in [0, 0.05) is 17.3 Å². The van der Waals surface area contributed by atoms with E-state index >= 15 is 0 Å². The quantitative estimate of drug-likeness (QED) is 0.845. The monoisotopic (exact) mass is 287 g/mol. The fourth-order valence-corrected chi connectivity index (χ4v) is 3.25. The number of aromatic nitrogens is 1. The summed E-state index contributed by atoms with van der Waals surface area (Å²) in [6, 6.07) is 2.19. The number of anilines is 2. The number of thiazole rings is 1. The Hall–Kier alpha value is -1.67. The average molecular weight is 287 g/mol. The molecule has 0 unspecified atom stereocenters. The smallest absolute Gasteiger partial charge is 0.266 e. The molecule has 0 aliphatic heterocycles. The van der Waals surface area contributed by atoms with Crippen LogP contribution in [-0.4, -0.2) is 13.4 Å². The number of sulfonamides is 1. The van der Waals surface area contributed by atoms with Crippen LogP contribution in [0, 0.1) is 12.7 Å². The van der Waals surface area contributed by atoms with Gasteiger partial charge in [-0.1, -0.05) is 0 Å². The van der Waals surface area contributed by atoms with Crippen LogP contribution >= 0.6 is 11.3 Å². The van der Waals surface area contributed by atoms with Gasteiger partial charge in [0.1, 0.15) is 10.7 Å². The molecule has 0 bridgehead atoms. The molecule has 2 aromatic rings. The van der Waals surface area contributed by atoms with Crippen molar-refractivity contribution in [2.24, 2.45) is 0 Å². The molecule has 1 aromatic heterocycles. The lowest BCUT2D eigenvalue weighted by molar-refractivity contribution is 0.570. The van der Waals surface area contributed by atoms with E-state index in [-0.39, 0.29) is 10.8 Å². The van der Waals surface area contributed by atoms with E-state index in [0.717, 1.165) is 17.4 Å². The fraction of sp³-hybridized carbons (Fsp3) is 0.100. The van der Waals surface area contributed by atoms with Crippen LogP contribution in [0.3, 0.4) is 0 Å². The number of hydrogen-bond donors (Lipinski definition) is 2. The van der Waals surface area contributed by atoms with Crippen molar-refractivity contribution in [3.63, 3.8) is 0 Å². The van der Waals surface area contributed by atoms with E-state index in [9.17, 15) is 12.8 Å². The van der Waals surface area contributed by atoms with Crippen molar-refractivity contribution in [2.75, 3.05) is 10.5 Å². The first kappa shape index (κ1) is 12.8. The largest absolute Gasteiger partial charge is 0.398 e. The second-order valence-corrected chi connectivity index (χ2v) is 6.13. The molecule has 0 amide bonds. The van der Waals surface area contributed by atoms with E-state index in [2.05, 4.69) is 9.71 Å². The SMILES string of the molecule is Cc1cc(S(=O)(=O)Nc2nccs2)c(F)cc1N. The van der Waals surface area contributed by atoms with Gasteiger partial charge in [0.2, 0.25) is 0 Å². The van der Waals surface area contributed by atoms with Gasteiger partial charge in [0.25, 0.3) is 10.0 Å². The molecule has 8 heteroatoms. The Labute approximate surface area is 108 Å². The minimum atomic E-state index is -3.99. The van der Waals surface area contributed by atoms with Crippen LogP contribution < -0.4 is 10.5 Å². The summed E-state index contributed by atoms with van der Waals surface area (Å²) in [7, 11) is -3.99. The second kappa shape index (κ2) is 4.54. The molecule has 0 aliphatic carbocycles. The summed E-state index contributed by atoms with van der Waals surface area (Å²) >= 11 is 1.11. The molecule has 5 nitrogen and oxygen atoms in total. The van der Waals surface area contributed by atoms with Crippen LogP contribution in [0.2, 0.25) is 0 Å². The molecular formula is C10H10FN3O2S2. The molecule has 0 fully saturated rings. The minimum Gasteiger partial charge on any atom is -0.398 e. The van der Waals surface area contributed by atoms with Gasteiger partial charge >= 0.3 is 0 Å². The number of hydrogen-bond acceptors (Lipinski definition) is 5. The standard InChI is InChI=1S/C10H10FN3O2S2/c1-6-4-9(7(11)5-8(6)12)18(15,16)14-10-13-2-3-17-10/h2-5H,12H2,1H3,(H,13,14). The first-order valence-electron chi connectivity index (χ1n) is 4.88. The van der Waals surface area contributed by atoms with E-state index in [4.69, 9.17) is 5.73 Å². The highest BCUT2D eigenvalue weighted by molar-refractivity contribution is 7.93. The first-order valence-corrected chi connectivity index (χ1v) is 7.24. The van der Waals surface area contributed by atoms with Gasteiger partial charge in [0.05, 0.1) is 0 Å². The molecule has 2 rings (SSSR count). The van der Waals surface area contributed by atoms with Crippen LogP contribution in [0.5, 0.6) is 0 Å². The van der Waals surface area contributed by atoms with Crippen molar-refractivity contribution in [1.29, 1.82) is 0 Å². The van der Waals surface area contributed by atoms with E-state index in [1.165, 1.54) is 12.3 Å². The van der Waals surface area contributed by atoms with E-state index < -0.39 is 20.7 Å². The highest BCUT2D eigenvalue weighted by atomic mass is 32.2. The number of nitrogens with two attached hydrogens (primary N) is 1. The Bertz CT molecular complexity index is 669. The molecule has 3 N–H and O–H groups in total. The maximum atomic E-state index is 13.6. The number of aryl methyl sites for hydroxylation is 1. The van der Waals surface area contributed by atoms with Crippen LogP contribution in [0.25, 0.3) is 0 Å². The lowest BCUT2D eigenvalue weighted by atomic mass is 10.2. The van der Waals surface area contributed by atoms with Gasteiger partial charge in [0.15, 0.2) is 5.13 Å². The summed E-state index contributed by atoms with van der Waals surface area (Å²) in [4.78, 5) is 3.34. The minimum absolute atomic E-state index is 0.184. The summed E-state index contributed by atoms with van der Waals surface area (Å²) in [5.41, 5.74) is 6.21. The second-order valence-electron chi connectivity index (χ2n) is 3.58. The number of benzene rings is 1. The fourth-order valence-electron chi connectivity index (χ4n) is 1.32. The molecule has 0 saturated carbocycles. The molecule has 1 aromatic carbocycles. The zero-order valence-electron chi connectivity index (χ0n) is 9.34. The molecule has 0 aliphatic rings. The average Bonchev–Trinajstić information content (AvgIpc) is 2.75. The first-order chi connectivity index (χ1) is 8.40. The van der Waals surface area contributed by atoms with Crippen LogP contribution in [0.15, 0.2) is 28.6 Å². The van der Waals surface area contributed by atoms with Gasteiger partial charge in [-0.3, -0.25) is 4.72 Å². The van der Waals surface area contributed by atoms with Crippen LogP contribution in [-0.2, 0) is 10.0 Å². The van der Waals surface area contributed by atoms with Crippen molar-refractivity contribution in [3.8, 4) is 0 Å². The van der Waals surface area contributed by atoms with Crippen molar-refractivity contribution in [1.82, 2.24) is 4.98 Å². The van der Waals surface area contributed by atoms with Crippen LogP contribution in [0.1, 0.15) is 5.56 Å². The summed E-state index contributed by atoms with van der Waals surface area (Å²) in [5, 5.41) is 1.80. The Morgan fingerprint density at radius 2 is 2.17 bits per heavy atom. The van der Waals surface area contributed by atoms with Crippen molar-refractivity contribution < 1.29 is 12.8 Å².